The molecule has 9 nitrogen and oxygen atoms in total. The van der Waals surface area contributed by atoms with Gasteiger partial charge < -0.3 is 14.6 Å². The van der Waals surface area contributed by atoms with Crippen LogP contribution >= 0.6 is 11.6 Å². The van der Waals surface area contributed by atoms with E-state index in [-0.39, 0.29) is 41.1 Å². The van der Waals surface area contributed by atoms with Gasteiger partial charge in [0.25, 0.3) is 0 Å². The van der Waals surface area contributed by atoms with E-state index in [1.807, 2.05) is 0 Å². The van der Waals surface area contributed by atoms with Gasteiger partial charge in [0, 0.05) is 11.6 Å². The van der Waals surface area contributed by atoms with Crippen molar-refractivity contribution < 1.29 is 27.8 Å². The molecule has 2 aromatic carbocycles. The summed E-state index contributed by atoms with van der Waals surface area (Å²) in [7, 11) is -1.13. The number of halogens is 1. The molecule has 0 saturated heterocycles. The SMILES string of the molecule is COc1cc(OC)nc(CN(Cc2ccc(C(=O)O)cc2)S(=O)(=O)c2ccc(Cl)cc2)n1. The maximum absolute atomic E-state index is 13.4. The Morgan fingerprint density at radius 3 is 2.03 bits per heavy atom. The molecule has 0 aliphatic rings. The second-order valence-electron chi connectivity index (χ2n) is 6.60. The van der Waals surface area contributed by atoms with Crippen molar-refractivity contribution in [1.29, 1.82) is 0 Å². The zero-order valence-corrected chi connectivity index (χ0v) is 18.8. The Kier molecular flexibility index (Phi) is 7.29. The first kappa shape index (κ1) is 23.5. The number of aromatic carboxylic acids is 1. The average Bonchev–Trinajstić information content (AvgIpc) is 2.79. The number of rotatable bonds is 9. The van der Waals surface area contributed by atoms with Gasteiger partial charge in [-0.1, -0.05) is 23.7 Å². The van der Waals surface area contributed by atoms with E-state index in [1.165, 1.54) is 61.0 Å². The number of carboxylic acids is 1. The molecule has 1 N–H and O–H groups in total. The summed E-state index contributed by atoms with van der Waals surface area (Å²) in [6, 6.07) is 13.2. The number of ether oxygens (including phenoxy) is 2. The maximum Gasteiger partial charge on any atom is 0.335 e. The van der Waals surface area contributed by atoms with Crippen LogP contribution in [0.1, 0.15) is 21.7 Å². The van der Waals surface area contributed by atoms with Crippen LogP contribution < -0.4 is 9.47 Å². The number of benzene rings is 2. The highest BCUT2D eigenvalue weighted by Crippen LogP contribution is 2.24. The summed E-state index contributed by atoms with van der Waals surface area (Å²) in [6.07, 6.45) is 0. The lowest BCUT2D eigenvalue weighted by Gasteiger charge is -2.22. The zero-order valence-electron chi connectivity index (χ0n) is 17.2. The molecule has 3 rings (SSSR count). The fraction of sp³-hybridized carbons (Fsp3) is 0.190. The highest BCUT2D eigenvalue weighted by atomic mass is 35.5. The topological polar surface area (TPSA) is 119 Å². The normalized spacial score (nSPS) is 11.4. The van der Waals surface area contributed by atoms with Crippen LogP contribution in [0.2, 0.25) is 5.02 Å². The molecule has 0 aliphatic carbocycles. The van der Waals surface area contributed by atoms with Gasteiger partial charge in [0.2, 0.25) is 21.8 Å². The number of sulfonamides is 1. The van der Waals surface area contributed by atoms with E-state index in [0.717, 1.165) is 0 Å². The van der Waals surface area contributed by atoms with E-state index in [1.54, 1.807) is 12.1 Å². The number of carboxylic acid groups (broad SMARTS) is 1. The number of hydrogen-bond donors (Lipinski definition) is 1. The Bertz CT molecular complexity index is 1180. The predicted molar refractivity (Wildman–Crippen MR) is 116 cm³/mol. The minimum absolute atomic E-state index is 0.0407. The number of aromatic nitrogens is 2. The lowest BCUT2D eigenvalue weighted by atomic mass is 10.1. The predicted octanol–water partition coefficient (Wildman–Crippen LogP) is 3.24. The van der Waals surface area contributed by atoms with Crippen LogP contribution in [0.25, 0.3) is 0 Å². The molecule has 0 atom stereocenters. The first-order valence-electron chi connectivity index (χ1n) is 9.27. The summed E-state index contributed by atoms with van der Waals surface area (Å²) in [6.45, 7) is -0.229. The van der Waals surface area contributed by atoms with Crippen LogP contribution in [0.3, 0.4) is 0 Å². The Morgan fingerprint density at radius 2 is 1.53 bits per heavy atom. The molecule has 0 fully saturated rings. The molecule has 11 heteroatoms. The van der Waals surface area contributed by atoms with Crippen molar-refractivity contribution in [2.45, 2.75) is 18.0 Å². The van der Waals surface area contributed by atoms with E-state index in [0.29, 0.717) is 10.6 Å². The molecule has 0 bridgehead atoms. The summed E-state index contributed by atoms with van der Waals surface area (Å²) in [5.41, 5.74) is 0.684. The van der Waals surface area contributed by atoms with Crippen molar-refractivity contribution in [3.63, 3.8) is 0 Å². The van der Waals surface area contributed by atoms with Gasteiger partial charge in [-0.2, -0.15) is 14.3 Å². The quantitative estimate of drug-likeness (QED) is 0.499. The van der Waals surface area contributed by atoms with Crippen LogP contribution in [-0.2, 0) is 23.1 Å². The van der Waals surface area contributed by atoms with Gasteiger partial charge in [0.05, 0.1) is 37.3 Å². The second kappa shape index (κ2) is 9.94. The first-order chi connectivity index (χ1) is 15.2. The van der Waals surface area contributed by atoms with Crippen LogP contribution in [0.15, 0.2) is 59.5 Å². The highest BCUT2D eigenvalue weighted by molar-refractivity contribution is 7.89. The average molecular weight is 478 g/mol. The van der Waals surface area contributed by atoms with Gasteiger partial charge in [-0.3, -0.25) is 0 Å². The summed E-state index contributed by atoms with van der Waals surface area (Å²) >= 11 is 5.90. The Morgan fingerprint density at radius 1 is 0.969 bits per heavy atom. The molecule has 0 aliphatic heterocycles. The van der Waals surface area contributed by atoms with E-state index in [4.69, 9.17) is 26.2 Å². The lowest BCUT2D eigenvalue weighted by Crippen LogP contribution is -2.31. The molecule has 0 amide bonds. The molecule has 1 aromatic heterocycles. The van der Waals surface area contributed by atoms with Crippen LogP contribution in [0.5, 0.6) is 11.8 Å². The van der Waals surface area contributed by atoms with Crippen LogP contribution in [0, 0.1) is 0 Å². The van der Waals surface area contributed by atoms with Crippen molar-refractivity contribution in [3.05, 3.63) is 76.6 Å². The minimum atomic E-state index is -3.98. The fourth-order valence-corrected chi connectivity index (χ4v) is 4.33. The van der Waals surface area contributed by atoms with Crippen LogP contribution in [0.4, 0.5) is 0 Å². The van der Waals surface area contributed by atoms with Crippen molar-refractivity contribution >= 4 is 27.6 Å². The third kappa shape index (κ3) is 5.52. The number of methoxy groups -OCH3 is 2. The zero-order chi connectivity index (χ0) is 23.3. The van der Waals surface area contributed by atoms with Gasteiger partial charge in [0.1, 0.15) is 0 Å². The monoisotopic (exact) mass is 477 g/mol. The number of carbonyl (C=O) groups is 1. The Balaban J connectivity index is 2.00. The largest absolute Gasteiger partial charge is 0.481 e. The van der Waals surface area contributed by atoms with Crippen molar-refractivity contribution in [2.75, 3.05) is 14.2 Å². The van der Waals surface area contributed by atoms with Gasteiger partial charge >= 0.3 is 5.97 Å². The third-order valence-electron chi connectivity index (χ3n) is 4.47. The number of hydrogen-bond acceptors (Lipinski definition) is 7. The molecule has 32 heavy (non-hydrogen) atoms. The molecular weight excluding hydrogens is 458 g/mol. The molecule has 1 heterocycles. The fourth-order valence-electron chi connectivity index (χ4n) is 2.83. The molecule has 0 radical (unpaired) electrons. The van der Waals surface area contributed by atoms with Gasteiger partial charge in [0.15, 0.2) is 5.82 Å². The third-order valence-corrected chi connectivity index (χ3v) is 6.53. The molecule has 168 valence electrons. The smallest absolute Gasteiger partial charge is 0.335 e. The van der Waals surface area contributed by atoms with E-state index in [2.05, 4.69) is 9.97 Å². The summed E-state index contributed by atoms with van der Waals surface area (Å²) < 4.78 is 38.3. The Hall–Kier alpha value is -3.21. The van der Waals surface area contributed by atoms with Crippen molar-refractivity contribution in [3.8, 4) is 11.8 Å². The summed E-state index contributed by atoms with van der Waals surface area (Å²) in [5, 5.41) is 9.50. The van der Waals surface area contributed by atoms with Crippen LogP contribution in [-0.4, -0.2) is 48.0 Å². The second-order valence-corrected chi connectivity index (χ2v) is 8.97. The summed E-state index contributed by atoms with van der Waals surface area (Å²) in [5.74, 6) is -0.456. The summed E-state index contributed by atoms with van der Waals surface area (Å²) in [4.78, 5) is 19.6. The maximum atomic E-state index is 13.4. The highest BCUT2D eigenvalue weighted by Gasteiger charge is 2.26. The first-order valence-corrected chi connectivity index (χ1v) is 11.1. The van der Waals surface area contributed by atoms with Gasteiger partial charge in [-0.15, -0.1) is 0 Å². The van der Waals surface area contributed by atoms with Crippen molar-refractivity contribution in [2.24, 2.45) is 0 Å². The molecule has 0 spiro atoms. The molecular formula is C21H20ClN3O6S. The minimum Gasteiger partial charge on any atom is -0.481 e. The van der Waals surface area contributed by atoms with E-state index >= 15 is 0 Å². The van der Waals surface area contributed by atoms with Gasteiger partial charge in [-0.25, -0.2) is 13.2 Å². The van der Waals surface area contributed by atoms with Gasteiger partial charge in [-0.05, 0) is 42.0 Å². The Labute approximate surface area is 190 Å². The lowest BCUT2D eigenvalue weighted by molar-refractivity contribution is 0.0697. The molecule has 3 aromatic rings. The number of nitrogens with zero attached hydrogens (tertiary/aromatic N) is 3. The standard InChI is InChI=1S/C21H20ClN3O6S/c1-30-19-11-20(31-2)24-18(23-19)13-25(12-14-3-5-15(6-4-14)21(26)27)32(28,29)17-9-7-16(22)8-10-17/h3-11H,12-13H2,1-2H3,(H,26,27). The van der Waals surface area contributed by atoms with E-state index in [9.17, 15) is 13.2 Å². The molecule has 0 saturated carbocycles. The van der Waals surface area contributed by atoms with E-state index < -0.39 is 16.0 Å². The molecule has 0 unspecified atom stereocenters. The van der Waals surface area contributed by atoms with Crippen molar-refractivity contribution in [1.82, 2.24) is 14.3 Å².